The van der Waals surface area contributed by atoms with Gasteiger partial charge in [0, 0.05) is 10.9 Å². The smallest absolute Gasteiger partial charge is 0.305 e. The Balaban J connectivity index is 2.68. The van der Waals surface area contributed by atoms with E-state index in [-0.39, 0.29) is 5.97 Å². The molecule has 1 rings (SSSR count). The Kier molecular flexibility index (Phi) is 5.25. The number of hydrogen-bond donors (Lipinski definition) is 0. The van der Waals surface area contributed by atoms with E-state index in [1.54, 1.807) is 12.1 Å². The van der Waals surface area contributed by atoms with Gasteiger partial charge in [-0.1, -0.05) is 15.9 Å². The quantitative estimate of drug-likeness (QED) is 0.783. The van der Waals surface area contributed by atoms with Crippen molar-refractivity contribution in [2.75, 3.05) is 14.0 Å². The Morgan fingerprint density at radius 3 is 2.81 bits per heavy atom. The summed E-state index contributed by atoms with van der Waals surface area (Å²) in [6, 6.07) is 5.22. The number of aryl methyl sites for hydroxylation is 1. The highest BCUT2D eigenvalue weighted by Crippen LogP contribution is 2.22. The van der Waals surface area contributed by atoms with Gasteiger partial charge >= 0.3 is 5.97 Å². The first-order valence-corrected chi connectivity index (χ1v) is 5.50. The number of alkyl halides is 1. The number of halogens is 2. The van der Waals surface area contributed by atoms with E-state index in [1.807, 2.05) is 6.07 Å². The van der Waals surface area contributed by atoms with Crippen LogP contribution in [0.3, 0.4) is 0 Å². The standard InChI is InChI=1S/C11H12BrFO3/c1-15-11(14)3-2-8-4-9(12)6-10(5-8)16-7-13/h4-6H,2-3,7H2,1H3. The molecular weight excluding hydrogens is 279 g/mol. The van der Waals surface area contributed by atoms with E-state index >= 15 is 0 Å². The normalized spacial score (nSPS) is 9.94. The van der Waals surface area contributed by atoms with E-state index in [0.717, 1.165) is 10.0 Å². The molecule has 3 nitrogen and oxygen atoms in total. The van der Waals surface area contributed by atoms with E-state index in [2.05, 4.69) is 20.7 Å². The van der Waals surface area contributed by atoms with Crippen molar-refractivity contribution in [3.63, 3.8) is 0 Å². The fourth-order valence-corrected chi connectivity index (χ4v) is 1.78. The summed E-state index contributed by atoms with van der Waals surface area (Å²) in [5.74, 6) is 0.171. The summed E-state index contributed by atoms with van der Waals surface area (Å²) in [6.07, 6.45) is 0.830. The number of benzene rings is 1. The van der Waals surface area contributed by atoms with Crippen LogP contribution in [-0.2, 0) is 16.0 Å². The summed E-state index contributed by atoms with van der Waals surface area (Å²) in [6.45, 7) is -0.868. The number of carbonyl (C=O) groups excluding carboxylic acids is 1. The topological polar surface area (TPSA) is 35.5 Å². The molecule has 0 atom stereocenters. The Labute approximate surface area is 102 Å². The van der Waals surface area contributed by atoms with E-state index in [9.17, 15) is 9.18 Å². The number of rotatable bonds is 5. The second-order valence-corrected chi connectivity index (χ2v) is 4.04. The van der Waals surface area contributed by atoms with Gasteiger partial charge in [0.2, 0.25) is 6.86 Å². The van der Waals surface area contributed by atoms with Gasteiger partial charge < -0.3 is 9.47 Å². The lowest BCUT2D eigenvalue weighted by Gasteiger charge is -2.06. The van der Waals surface area contributed by atoms with Crippen molar-refractivity contribution in [2.45, 2.75) is 12.8 Å². The molecule has 0 heterocycles. The van der Waals surface area contributed by atoms with E-state index in [1.165, 1.54) is 7.11 Å². The van der Waals surface area contributed by atoms with Gasteiger partial charge in [0.05, 0.1) is 7.11 Å². The molecule has 0 spiro atoms. The monoisotopic (exact) mass is 290 g/mol. The van der Waals surface area contributed by atoms with Crippen molar-refractivity contribution in [3.8, 4) is 5.75 Å². The maximum Gasteiger partial charge on any atom is 0.305 e. The molecule has 0 unspecified atom stereocenters. The predicted octanol–water partition coefficient (Wildman–Crippen LogP) is 2.86. The van der Waals surface area contributed by atoms with Crippen molar-refractivity contribution < 1.29 is 18.7 Å². The van der Waals surface area contributed by atoms with Gasteiger partial charge in [-0.05, 0) is 30.2 Å². The van der Waals surface area contributed by atoms with Gasteiger partial charge in [0.15, 0.2) is 0 Å². The van der Waals surface area contributed by atoms with Crippen molar-refractivity contribution in [1.29, 1.82) is 0 Å². The first-order valence-electron chi connectivity index (χ1n) is 4.70. The van der Waals surface area contributed by atoms with Crippen LogP contribution in [0, 0.1) is 0 Å². The van der Waals surface area contributed by atoms with Crippen molar-refractivity contribution in [2.24, 2.45) is 0 Å². The summed E-state index contributed by atoms with van der Waals surface area (Å²) in [5, 5.41) is 0. The highest BCUT2D eigenvalue weighted by molar-refractivity contribution is 9.10. The minimum Gasteiger partial charge on any atom is -0.469 e. The second kappa shape index (κ2) is 6.48. The van der Waals surface area contributed by atoms with Crippen LogP contribution in [0.25, 0.3) is 0 Å². The Bertz CT molecular complexity index is 368. The highest BCUT2D eigenvalue weighted by Gasteiger charge is 2.04. The minimum atomic E-state index is -0.868. The molecule has 16 heavy (non-hydrogen) atoms. The third-order valence-corrected chi connectivity index (χ3v) is 2.46. The summed E-state index contributed by atoms with van der Waals surface area (Å²) >= 11 is 3.29. The Morgan fingerprint density at radius 2 is 2.19 bits per heavy atom. The van der Waals surface area contributed by atoms with Crippen LogP contribution in [0.2, 0.25) is 0 Å². The molecule has 0 radical (unpaired) electrons. The number of methoxy groups -OCH3 is 1. The highest BCUT2D eigenvalue weighted by atomic mass is 79.9. The van der Waals surface area contributed by atoms with Crippen molar-refractivity contribution >= 4 is 21.9 Å². The molecule has 0 bridgehead atoms. The van der Waals surface area contributed by atoms with Gasteiger partial charge in [-0.15, -0.1) is 0 Å². The Hall–Kier alpha value is -1.10. The molecule has 0 fully saturated rings. The average Bonchev–Trinajstić information content (AvgIpc) is 2.25. The molecule has 0 aliphatic carbocycles. The summed E-state index contributed by atoms with van der Waals surface area (Å²) in [5.41, 5.74) is 0.892. The molecule has 5 heteroatoms. The summed E-state index contributed by atoms with van der Waals surface area (Å²) in [7, 11) is 1.35. The van der Waals surface area contributed by atoms with Gasteiger partial charge in [0.25, 0.3) is 0 Å². The first-order chi connectivity index (χ1) is 7.65. The van der Waals surface area contributed by atoms with Crippen molar-refractivity contribution in [3.05, 3.63) is 28.2 Å². The molecular formula is C11H12BrFO3. The van der Waals surface area contributed by atoms with E-state index in [4.69, 9.17) is 4.74 Å². The molecule has 0 N–H and O–H groups in total. The van der Waals surface area contributed by atoms with Crippen molar-refractivity contribution in [1.82, 2.24) is 0 Å². The zero-order chi connectivity index (χ0) is 12.0. The maximum atomic E-state index is 12.0. The maximum absolute atomic E-state index is 12.0. The van der Waals surface area contributed by atoms with Crippen LogP contribution in [-0.4, -0.2) is 19.9 Å². The van der Waals surface area contributed by atoms with Crippen LogP contribution in [0.15, 0.2) is 22.7 Å². The molecule has 1 aromatic carbocycles. The first kappa shape index (κ1) is 13.0. The number of esters is 1. The SMILES string of the molecule is COC(=O)CCc1cc(Br)cc(OCF)c1. The van der Waals surface area contributed by atoms with Crippen LogP contribution in [0.4, 0.5) is 4.39 Å². The number of ether oxygens (including phenoxy) is 2. The minimum absolute atomic E-state index is 0.270. The molecule has 1 aromatic rings. The van der Waals surface area contributed by atoms with Crippen LogP contribution in [0.5, 0.6) is 5.75 Å². The van der Waals surface area contributed by atoms with Gasteiger partial charge in [0.1, 0.15) is 5.75 Å². The van der Waals surface area contributed by atoms with E-state index in [0.29, 0.717) is 18.6 Å². The van der Waals surface area contributed by atoms with Gasteiger partial charge in [-0.3, -0.25) is 4.79 Å². The fourth-order valence-electron chi connectivity index (χ4n) is 1.26. The predicted molar refractivity (Wildman–Crippen MR) is 61.1 cm³/mol. The molecule has 0 amide bonds. The zero-order valence-corrected chi connectivity index (χ0v) is 10.4. The molecule has 88 valence electrons. The third-order valence-electron chi connectivity index (χ3n) is 2.00. The lowest BCUT2D eigenvalue weighted by molar-refractivity contribution is -0.140. The summed E-state index contributed by atoms with van der Waals surface area (Å²) in [4.78, 5) is 11.0. The number of hydrogen-bond acceptors (Lipinski definition) is 3. The zero-order valence-electron chi connectivity index (χ0n) is 8.83. The third kappa shape index (κ3) is 4.18. The molecule has 0 aromatic heterocycles. The molecule has 0 saturated carbocycles. The van der Waals surface area contributed by atoms with Crippen LogP contribution >= 0.6 is 15.9 Å². The largest absolute Gasteiger partial charge is 0.469 e. The number of carbonyl (C=O) groups is 1. The van der Waals surface area contributed by atoms with E-state index < -0.39 is 6.86 Å². The lowest BCUT2D eigenvalue weighted by Crippen LogP contribution is -2.02. The van der Waals surface area contributed by atoms with Gasteiger partial charge in [-0.25, -0.2) is 4.39 Å². The molecule has 0 aliphatic rings. The average molecular weight is 291 g/mol. The summed E-state index contributed by atoms with van der Waals surface area (Å²) < 4.78 is 22.1. The van der Waals surface area contributed by atoms with Crippen LogP contribution in [0.1, 0.15) is 12.0 Å². The lowest BCUT2D eigenvalue weighted by atomic mass is 10.1. The Morgan fingerprint density at radius 1 is 1.44 bits per heavy atom. The molecule has 0 aliphatic heterocycles. The molecule has 0 saturated heterocycles. The van der Waals surface area contributed by atoms with Crippen LogP contribution < -0.4 is 4.74 Å². The van der Waals surface area contributed by atoms with Gasteiger partial charge in [-0.2, -0.15) is 0 Å². The second-order valence-electron chi connectivity index (χ2n) is 3.12. The fraction of sp³-hybridized carbons (Fsp3) is 0.364.